The van der Waals surface area contributed by atoms with Crippen LogP contribution in [-0.4, -0.2) is 6.15 Å². The van der Waals surface area contributed by atoms with Crippen molar-refractivity contribution in [1.29, 1.82) is 0 Å². The molecule has 0 nitrogen and oxygen atoms in total. The summed E-state index contributed by atoms with van der Waals surface area (Å²) in [6, 6.07) is 26.8. The van der Waals surface area contributed by atoms with E-state index in [1.807, 2.05) is 0 Å². The molecule has 0 aliphatic rings. The fourth-order valence-electron chi connectivity index (χ4n) is 4.33. The maximum Gasteiger partial charge on any atom is 0.149 e. The molecule has 0 atom stereocenters. The molecule has 0 radical (unpaired) electrons. The van der Waals surface area contributed by atoms with Gasteiger partial charge in [0.1, 0.15) is 6.15 Å². The number of benzene rings is 3. The van der Waals surface area contributed by atoms with Crippen LogP contribution in [0.25, 0.3) is 0 Å². The molecule has 0 unspecified atom stereocenters. The average molecular weight is 379 g/mol. The Bertz CT molecular complexity index is 909. The summed E-state index contributed by atoms with van der Waals surface area (Å²) >= 11 is 0. The Hall–Kier alpha value is -2.72. The van der Waals surface area contributed by atoms with E-state index in [1.165, 1.54) is 52.3 Å². The zero-order valence-corrected chi connectivity index (χ0v) is 18.3. The van der Waals surface area contributed by atoms with Gasteiger partial charge < -0.3 is 0 Å². The molecule has 0 saturated carbocycles. The Morgan fingerprint density at radius 2 is 1.10 bits per heavy atom. The molecule has 0 aliphatic heterocycles. The van der Waals surface area contributed by atoms with Crippen molar-refractivity contribution < 1.29 is 0 Å². The fraction of sp³-hybridized carbons (Fsp3) is 0.286. The van der Waals surface area contributed by atoms with Gasteiger partial charge in [0.05, 0.1) is 0 Å². The molecule has 0 fully saturated rings. The van der Waals surface area contributed by atoms with Crippen LogP contribution >= 0.6 is 0 Å². The summed E-state index contributed by atoms with van der Waals surface area (Å²) in [7, 11) is 0. The van der Waals surface area contributed by atoms with Gasteiger partial charge in [0.2, 0.25) is 0 Å². The minimum Gasteiger partial charge on any atom is -0.297 e. The first-order valence-electron chi connectivity index (χ1n) is 10.9. The van der Waals surface area contributed by atoms with Crippen molar-refractivity contribution in [3.8, 4) is 11.7 Å². The lowest BCUT2D eigenvalue weighted by Crippen LogP contribution is -2.66. The molecule has 29 heavy (non-hydrogen) atoms. The van der Waals surface area contributed by atoms with Crippen molar-refractivity contribution in [3.05, 3.63) is 89.5 Å². The lowest BCUT2D eigenvalue weighted by molar-refractivity contribution is 0.737. The molecule has 0 amide bonds. The highest BCUT2D eigenvalue weighted by atomic mass is 14.1. The SMILES string of the molecule is CCCCCC#C[B-](c1cccc(C)c1)(c1cccc(C)c1)c1cccc(C)c1. The summed E-state index contributed by atoms with van der Waals surface area (Å²) in [4.78, 5) is 0. The highest BCUT2D eigenvalue weighted by molar-refractivity contribution is 7.16. The molecule has 0 saturated heterocycles. The maximum absolute atomic E-state index is 3.84. The number of rotatable bonds is 6. The molecule has 0 N–H and O–H groups in total. The second-order valence-electron chi connectivity index (χ2n) is 8.39. The van der Waals surface area contributed by atoms with E-state index in [9.17, 15) is 0 Å². The number of hydrogen-bond acceptors (Lipinski definition) is 0. The first-order chi connectivity index (χ1) is 14.1. The predicted octanol–water partition coefficient (Wildman–Crippen LogP) is 5.20. The summed E-state index contributed by atoms with van der Waals surface area (Å²) < 4.78 is 0. The van der Waals surface area contributed by atoms with Gasteiger partial charge in [0.15, 0.2) is 0 Å². The van der Waals surface area contributed by atoms with Crippen LogP contribution in [0.4, 0.5) is 0 Å². The molecule has 148 valence electrons. The van der Waals surface area contributed by atoms with E-state index in [1.54, 1.807) is 0 Å². The first-order valence-corrected chi connectivity index (χ1v) is 10.9. The Morgan fingerprint density at radius 1 is 0.655 bits per heavy atom. The van der Waals surface area contributed by atoms with E-state index in [2.05, 4.69) is 112 Å². The van der Waals surface area contributed by atoms with E-state index < -0.39 is 6.15 Å². The molecule has 0 aliphatic carbocycles. The molecular weight excluding hydrogens is 347 g/mol. The number of aryl methyl sites for hydroxylation is 3. The summed E-state index contributed by atoms with van der Waals surface area (Å²) in [6.07, 6.45) is 3.25. The van der Waals surface area contributed by atoms with Crippen LogP contribution in [0.1, 0.15) is 49.3 Å². The quantitative estimate of drug-likeness (QED) is 0.314. The van der Waals surface area contributed by atoms with Crippen LogP contribution in [0.3, 0.4) is 0 Å². The Kier molecular flexibility index (Phi) is 7.00. The Labute approximate surface area is 177 Å². The highest BCUT2D eigenvalue weighted by Crippen LogP contribution is 2.11. The minimum absolute atomic E-state index is 0.959. The summed E-state index contributed by atoms with van der Waals surface area (Å²) in [5.41, 5.74) is 7.77. The summed E-state index contributed by atoms with van der Waals surface area (Å²) in [6.45, 7) is 8.76. The van der Waals surface area contributed by atoms with Gasteiger partial charge in [-0.15, -0.1) is 5.92 Å². The van der Waals surface area contributed by atoms with Crippen molar-refractivity contribution >= 4 is 22.5 Å². The summed E-state index contributed by atoms with van der Waals surface area (Å²) in [5, 5.41) is 0. The molecule has 0 bridgehead atoms. The van der Waals surface area contributed by atoms with Gasteiger partial charge in [-0.05, 0) is 27.2 Å². The van der Waals surface area contributed by atoms with Gasteiger partial charge in [0, 0.05) is 6.42 Å². The second-order valence-corrected chi connectivity index (χ2v) is 8.39. The maximum atomic E-state index is 3.84. The predicted molar refractivity (Wildman–Crippen MR) is 130 cm³/mol. The lowest BCUT2D eigenvalue weighted by Gasteiger charge is -2.39. The lowest BCUT2D eigenvalue weighted by atomic mass is 9.16. The van der Waals surface area contributed by atoms with Crippen molar-refractivity contribution in [2.75, 3.05) is 0 Å². The van der Waals surface area contributed by atoms with Gasteiger partial charge >= 0.3 is 0 Å². The van der Waals surface area contributed by atoms with E-state index in [-0.39, 0.29) is 0 Å². The van der Waals surface area contributed by atoms with Gasteiger partial charge in [-0.3, -0.25) is 5.82 Å². The van der Waals surface area contributed by atoms with Crippen LogP contribution in [-0.2, 0) is 0 Å². The number of unbranched alkanes of at least 4 members (excludes halogenated alkanes) is 3. The van der Waals surface area contributed by atoms with Gasteiger partial charge in [-0.1, -0.05) is 109 Å². The van der Waals surface area contributed by atoms with Crippen molar-refractivity contribution in [3.63, 3.8) is 0 Å². The minimum atomic E-state index is -1.35. The third-order valence-corrected chi connectivity index (χ3v) is 5.85. The number of hydrogen-bond donors (Lipinski definition) is 0. The highest BCUT2D eigenvalue weighted by Gasteiger charge is 2.28. The van der Waals surface area contributed by atoms with Crippen molar-refractivity contribution in [1.82, 2.24) is 0 Å². The van der Waals surface area contributed by atoms with Gasteiger partial charge in [0.25, 0.3) is 0 Å². The monoisotopic (exact) mass is 379 g/mol. The fourth-order valence-corrected chi connectivity index (χ4v) is 4.33. The van der Waals surface area contributed by atoms with Crippen LogP contribution in [0.15, 0.2) is 72.8 Å². The van der Waals surface area contributed by atoms with Crippen molar-refractivity contribution in [2.45, 2.75) is 53.4 Å². The molecule has 3 aromatic carbocycles. The van der Waals surface area contributed by atoms with E-state index in [4.69, 9.17) is 0 Å². The first kappa shape index (κ1) is 21.0. The van der Waals surface area contributed by atoms with Crippen LogP contribution in [0.5, 0.6) is 0 Å². The zero-order valence-electron chi connectivity index (χ0n) is 18.3. The largest absolute Gasteiger partial charge is 0.297 e. The van der Waals surface area contributed by atoms with Gasteiger partial charge in [-0.25, -0.2) is 0 Å². The van der Waals surface area contributed by atoms with E-state index >= 15 is 0 Å². The van der Waals surface area contributed by atoms with Gasteiger partial charge in [-0.2, -0.15) is 16.4 Å². The molecule has 3 aromatic rings. The smallest absolute Gasteiger partial charge is 0.149 e. The molecule has 0 spiro atoms. The topological polar surface area (TPSA) is 0 Å². The standard InChI is InChI=1S/C28H32B/c1-5-6-7-8-9-19-29(26-16-10-13-23(2)20-26,27-17-11-14-24(3)21-27)28-18-12-15-25(4)22-28/h10-18,20-22H,5-8H2,1-4H3/q-1. The van der Waals surface area contributed by atoms with E-state index in [0.717, 1.165) is 6.42 Å². The van der Waals surface area contributed by atoms with Crippen LogP contribution in [0.2, 0.25) is 0 Å². The van der Waals surface area contributed by atoms with Crippen LogP contribution < -0.4 is 16.4 Å². The van der Waals surface area contributed by atoms with E-state index in [0.29, 0.717) is 0 Å². The normalized spacial score (nSPS) is 11.0. The average Bonchev–Trinajstić information content (AvgIpc) is 2.71. The molecule has 0 heterocycles. The molecule has 0 aromatic heterocycles. The van der Waals surface area contributed by atoms with Crippen LogP contribution in [0, 0.1) is 32.5 Å². The summed E-state index contributed by atoms with van der Waals surface area (Å²) in [5.74, 6) is 7.43. The second kappa shape index (κ2) is 9.66. The Morgan fingerprint density at radius 3 is 1.48 bits per heavy atom. The Balaban J connectivity index is 2.29. The molecule has 1 heteroatoms. The molecular formula is C28H32B-. The zero-order chi connectivity index (χ0) is 20.7. The molecule has 3 rings (SSSR count). The van der Waals surface area contributed by atoms with Crippen molar-refractivity contribution in [2.24, 2.45) is 0 Å². The third kappa shape index (κ3) is 4.83. The third-order valence-electron chi connectivity index (χ3n) is 5.85.